The van der Waals surface area contributed by atoms with Crippen LogP contribution in [0.5, 0.6) is 5.75 Å². The molecule has 0 unspecified atom stereocenters. The van der Waals surface area contributed by atoms with Crippen molar-refractivity contribution in [2.45, 2.75) is 194 Å². The number of unbranched alkanes of at least 4 members (excludes halogenated alkanes) is 8. The van der Waals surface area contributed by atoms with Gasteiger partial charge in [-0.25, -0.2) is 0 Å². The van der Waals surface area contributed by atoms with Crippen LogP contribution in [0.15, 0.2) is 24.3 Å². The van der Waals surface area contributed by atoms with Crippen molar-refractivity contribution in [3.63, 3.8) is 0 Å². The average molecular weight is 1230 g/mol. The van der Waals surface area contributed by atoms with Gasteiger partial charge in [-0.05, 0) is 43.5 Å². The van der Waals surface area contributed by atoms with Crippen LogP contribution in [0.2, 0.25) is 0 Å². The minimum absolute atomic E-state index is 0.0359. The number of aliphatic hydroxyl groups excluding tert-OH is 9. The molecular weight excluding hydrogens is 1140 g/mol. The molecule has 0 saturated carbocycles. The number of phenolic OH excluding ortho intramolecular Hbond substituents is 1. The summed E-state index contributed by atoms with van der Waals surface area (Å²) in [7, 11) is 1.17. The monoisotopic (exact) mass is 1230 g/mol. The van der Waals surface area contributed by atoms with Gasteiger partial charge < -0.3 is 120 Å². The molecule has 23 N–H and O–H groups in total. The number of aromatic hydroxyl groups is 1. The molecule has 2 aliphatic rings. The molecule has 16 atom stereocenters. The molecule has 33 heteroatoms. The number of hydrogen-bond donors (Lipinski definition) is 21. The summed E-state index contributed by atoms with van der Waals surface area (Å²) in [5, 5.41) is 128. The fraction of sp³-hybridized carbons (Fsp3) is 0.698. The predicted octanol–water partition coefficient (Wildman–Crippen LogP) is -8.49. The maximum Gasteiger partial charge on any atom is 0.248 e. The SMILES string of the molecule is CCCCCCCCCCC[C@@H](O[C@H]1OC[C@@H](O)[C@H](O)[C@H]1O)[C@H](O)[C@H](O)C[C@@H]1CC(=O)N[C@@H](CO)C(=O)N[C@H]([C@H](O)c2ccc(O)cc2)C(=O)N[C@H](CCN)C(=O)NCC(=O)N[C@@H](CC(=O)NC)C(=O)N[C@H](CO)C(=O)N[C@@H]([C@H](O)C(N)=O)C(=O)N1. The molecule has 2 saturated heterocycles. The van der Waals surface area contributed by atoms with Crippen molar-refractivity contribution in [3.8, 4) is 5.75 Å². The lowest BCUT2D eigenvalue weighted by atomic mass is 9.94. The van der Waals surface area contributed by atoms with Crippen LogP contribution in [0.1, 0.15) is 108 Å². The number of nitrogens with two attached hydrogens (primary N) is 2. The highest BCUT2D eigenvalue weighted by molar-refractivity contribution is 5.99. The van der Waals surface area contributed by atoms with Gasteiger partial charge in [0.1, 0.15) is 72.5 Å². The highest BCUT2D eigenvalue weighted by atomic mass is 16.7. The molecule has 86 heavy (non-hydrogen) atoms. The normalized spacial score (nSPS) is 27.3. The van der Waals surface area contributed by atoms with Crippen LogP contribution in [0.25, 0.3) is 0 Å². The summed E-state index contributed by atoms with van der Waals surface area (Å²) in [5.41, 5.74) is 11.0. The predicted molar refractivity (Wildman–Crippen MR) is 297 cm³/mol. The number of hydrogen-bond acceptors (Lipinski definition) is 23. The summed E-state index contributed by atoms with van der Waals surface area (Å²) in [6.07, 6.45) is -12.4. The van der Waals surface area contributed by atoms with E-state index in [9.17, 15) is 99.0 Å². The lowest BCUT2D eigenvalue weighted by Gasteiger charge is -2.38. The first-order chi connectivity index (χ1) is 40.8. The lowest BCUT2D eigenvalue weighted by molar-refractivity contribution is -0.293. The number of ether oxygens (including phenoxy) is 2. The minimum Gasteiger partial charge on any atom is -0.508 e. The van der Waals surface area contributed by atoms with Gasteiger partial charge in [-0.3, -0.25) is 47.9 Å². The van der Waals surface area contributed by atoms with E-state index in [1.54, 1.807) is 0 Å². The number of benzene rings is 1. The highest BCUT2D eigenvalue weighted by Crippen LogP contribution is 2.25. The Kier molecular flexibility index (Phi) is 32.2. The van der Waals surface area contributed by atoms with Gasteiger partial charge in [0.2, 0.25) is 59.1 Å². The van der Waals surface area contributed by atoms with Crippen molar-refractivity contribution < 1.29 is 108 Å². The van der Waals surface area contributed by atoms with Crippen LogP contribution in [0, 0.1) is 0 Å². The average Bonchev–Trinajstić information content (AvgIpc) is 2.54. The van der Waals surface area contributed by atoms with Crippen LogP contribution < -0.4 is 59.3 Å². The molecule has 0 aromatic heterocycles. The van der Waals surface area contributed by atoms with Gasteiger partial charge in [-0.2, -0.15) is 0 Å². The van der Waals surface area contributed by atoms with E-state index in [0.717, 1.165) is 69.2 Å². The zero-order chi connectivity index (χ0) is 64.2. The Balaban J connectivity index is 2.16. The van der Waals surface area contributed by atoms with Crippen molar-refractivity contribution in [3.05, 3.63) is 29.8 Å². The largest absolute Gasteiger partial charge is 0.508 e. The Morgan fingerprint density at radius 2 is 1.23 bits per heavy atom. The van der Waals surface area contributed by atoms with Crippen LogP contribution in [0.4, 0.5) is 0 Å². The molecule has 2 aliphatic heterocycles. The smallest absolute Gasteiger partial charge is 0.248 e. The summed E-state index contributed by atoms with van der Waals surface area (Å²) >= 11 is 0. The highest BCUT2D eigenvalue weighted by Gasteiger charge is 2.43. The van der Waals surface area contributed by atoms with E-state index >= 15 is 0 Å². The van der Waals surface area contributed by atoms with Crippen molar-refractivity contribution in [2.75, 3.05) is 40.0 Å². The topological polar surface area (TPSA) is 552 Å². The fourth-order valence-electron chi connectivity index (χ4n) is 9.19. The van der Waals surface area contributed by atoms with Crippen LogP contribution >= 0.6 is 0 Å². The molecule has 3 rings (SSSR count). The number of amides is 10. The molecule has 0 radical (unpaired) electrons. The lowest BCUT2D eigenvalue weighted by Crippen LogP contribution is -2.63. The standard InChI is InChI=1S/C53H87N11O22/c1-3-4-5-6-7-8-9-10-11-12-35(86-53-45(77)43(75)34(69)25-85-53)42(74)33(68)19-27-20-37(71)60-31(23-65)49(81)63-39(41(73)26-13-15-28(67)16-14-26)52(84)61-29(17-18-54)47(79)57-22-38(72)59-30(21-36(70)56-2)48(80)62-32(24-66)50(82)64-40(51(83)58-27)44(76)46(55)78/h13-16,27,29-35,39-45,53,65-69,73-77H,3-12,17-25,54H2,1-2H3,(H2,55,78)(H,56,70)(H,57,79)(H,58,83)(H,59,72)(H,60,71)(H,61,84)(H,62,80)(H,63,81)(H,64,82)/t27-,29-,30+,31+,32-,33-,34-,35-,39-,40+,41-,42-,43+,44+,45-,53-/m1/s1. The molecule has 33 nitrogen and oxygen atoms in total. The van der Waals surface area contributed by atoms with Gasteiger partial charge in [0.15, 0.2) is 12.4 Å². The fourth-order valence-corrected chi connectivity index (χ4v) is 9.19. The molecule has 2 heterocycles. The molecule has 0 bridgehead atoms. The van der Waals surface area contributed by atoms with Crippen molar-refractivity contribution in [1.29, 1.82) is 0 Å². The first-order valence-corrected chi connectivity index (χ1v) is 28.4. The maximum atomic E-state index is 14.3. The first-order valence-electron chi connectivity index (χ1n) is 28.4. The van der Waals surface area contributed by atoms with Crippen molar-refractivity contribution >= 4 is 59.1 Å². The third kappa shape index (κ3) is 23.8. The Labute approximate surface area is 495 Å². The molecule has 0 aliphatic carbocycles. The van der Waals surface area contributed by atoms with Gasteiger partial charge >= 0.3 is 0 Å². The number of carbonyl (C=O) groups excluding carboxylic acids is 10. The van der Waals surface area contributed by atoms with E-state index in [0.29, 0.717) is 12.8 Å². The van der Waals surface area contributed by atoms with E-state index in [1.807, 2.05) is 5.32 Å². The maximum absolute atomic E-state index is 14.3. The number of primary amides is 1. The first kappa shape index (κ1) is 73.5. The third-order valence-corrected chi connectivity index (χ3v) is 14.2. The van der Waals surface area contributed by atoms with E-state index in [1.165, 1.54) is 7.05 Å². The summed E-state index contributed by atoms with van der Waals surface area (Å²) < 4.78 is 11.3. The van der Waals surface area contributed by atoms with E-state index in [4.69, 9.17) is 20.9 Å². The van der Waals surface area contributed by atoms with Gasteiger partial charge in [0.25, 0.3) is 0 Å². The Morgan fingerprint density at radius 3 is 1.81 bits per heavy atom. The van der Waals surface area contributed by atoms with Crippen molar-refractivity contribution in [1.82, 2.24) is 47.9 Å². The van der Waals surface area contributed by atoms with Gasteiger partial charge in [-0.1, -0.05) is 76.8 Å². The van der Waals surface area contributed by atoms with Crippen LogP contribution in [-0.2, 0) is 57.4 Å². The molecule has 2 fully saturated rings. The van der Waals surface area contributed by atoms with Gasteiger partial charge in [-0.15, -0.1) is 0 Å². The number of phenols is 1. The summed E-state index contributed by atoms with van der Waals surface area (Å²) in [4.78, 5) is 136. The van der Waals surface area contributed by atoms with Crippen LogP contribution in [0.3, 0.4) is 0 Å². The Bertz CT molecular complexity index is 2380. The minimum atomic E-state index is -2.66. The number of nitrogens with one attached hydrogen (secondary N) is 9. The third-order valence-electron chi connectivity index (χ3n) is 14.2. The van der Waals surface area contributed by atoms with Gasteiger partial charge in [0, 0.05) is 19.5 Å². The molecule has 486 valence electrons. The molecule has 10 amide bonds. The summed E-state index contributed by atoms with van der Waals surface area (Å²) in [6.45, 7) is -2.22. The molecule has 1 aromatic carbocycles. The van der Waals surface area contributed by atoms with E-state index in [-0.39, 0.29) is 30.7 Å². The second-order valence-corrected chi connectivity index (χ2v) is 21.0. The van der Waals surface area contributed by atoms with Crippen LogP contribution in [-0.4, -0.2) is 241 Å². The van der Waals surface area contributed by atoms with E-state index < -0.39 is 202 Å². The second kappa shape index (κ2) is 37.7. The van der Waals surface area contributed by atoms with E-state index in [2.05, 4.69) is 49.5 Å². The zero-order valence-electron chi connectivity index (χ0n) is 48.0. The van der Waals surface area contributed by atoms with Crippen molar-refractivity contribution in [2.24, 2.45) is 11.5 Å². The second-order valence-electron chi connectivity index (χ2n) is 21.0. The quantitative estimate of drug-likeness (QED) is 0.0383. The summed E-state index contributed by atoms with van der Waals surface area (Å²) in [5.74, 6) is -13.4. The number of rotatable bonds is 26. The van der Waals surface area contributed by atoms with Gasteiger partial charge in [0.05, 0.1) is 45.0 Å². The number of aliphatic hydroxyl groups is 9. The number of carbonyl (C=O) groups is 10. The molecular formula is C53H87N11O22. The molecule has 1 aromatic rings. The molecule has 0 spiro atoms. The zero-order valence-corrected chi connectivity index (χ0v) is 48.0. The Hall–Kier alpha value is -6.76. The summed E-state index contributed by atoms with van der Waals surface area (Å²) in [6, 6.07) is -9.54. The Morgan fingerprint density at radius 1 is 0.686 bits per heavy atom.